The van der Waals surface area contributed by atoms with E-state index in [0.717, 1.165) is 65.4 Å². The van der Waals surface area contributed by atoms with Gasteiger partial charge in [-0.25, -0.2) is 8.42 Å². The molecule has 2 aromatic rings. The maximum absolute atomic E-state index is 13.0. The van der Waals surface area contributed by atoms with Gasteiger partial charge in [-0.3, -0.25) is 4.79 Å². The Morgan fingerprint density at radius 1 is 0.906 bits per heavy atom. The van der Waals surface area contributed by atoms with Gasteiger partial charge in [0.15, 0.2) is 0 Å². The normalized spacial score (nSPS) is 17.8. The van der Waals surface area contributed by atoms with E-state index in [1.54, 1.807) is 12.1 Å². The standard InChI is InChI=1S/C22H23F3N2O4S/c23-22(24,25)17-5-7-18(8-6-17)32(30,31)27-11-9-26(10-12-27)21(29)19-13-15-3-1-2-4-16(15)14-20(19)28/h5-8,13-14,28H,1-4,9-12H2. The number of phenols is 1. The zero-order valence-corrected chi connectivity index (χ0v) is 18.0. The molecule has 32 heavy (non-hydrogen) atoms. The third-order valence-corrected chi connectivity index (χ3v) is 7.95. The molecule has 2 aliphatic rings. The fraction of sp³-hybridized carbons (Fsp3) is 0.409. The first-order valence-corrected chi connectivity index (χ1v) is 11.8. The molecule has 0 unspecified atom stereocenters. The van der Waals surface area contributed by atoms with Crippen molar-refractivity contribution in [3.63, 3.8) is 0 Å². The molecule has 1 N–H and O–H groups in total. The first-order valence-electron chi connectivity index (χ1n) is 10.4. The van der Waals surface area contributed by atoms with Gasteiger partial charge in [-0.1, -0.05) is 0 Å². The Morgan fingerprint density at radius 3 is 2.03 bits per heavy atom. The van der Waals surface area contributed by atoms with E-state index in [9.17, 15) is 31.5 Å². The maximum Gasteiger partial charge on any atom is 0.416 e. The Kier molecular flexibility index (Phi) is 5.93. The number of fused-ring (bicyclic) bond motifs is 1. The topological polar surface area (TPSA) is 77.9 Å². The second-order valence-corrected chi connectivity index (χ2v) is 10.0. The smallest absolute Gasteiger partial charge is 0.416 e. The SMILES string of the molecule is O=C(c1cc2c(cc1O)CCCC2)N1CCN(S(=O)(=O)c2ccc(C(F)(F)F)cc2)CC1. The number of alkyl halides is 3. The van der Waals surface area contributed by atoms with Gasteiger partial charge in [0, 0.05) is 26.2 Å². The van der Waals surface area contributed by atoms with Gasteiger partial charge in [0.05, 0.1) is 16.0 Å². The molecule has 0 atom stereocenters. The van der Waals surface area contributed by atoms with Crippen LogP contribution >= 0.6 is 0 Å². The van der Waals surface area contributed by atoms with Crippen LogP contribution in [0.5, 0.6) is 5.75 Å². The summed E-state index contributed by atoms with van der Waals surface area (Å²) in [6, 6.07) is 6.75. The summed E-state index contributed by atoms with van der Waals surface area (Å²) in [4.78, 5) is 14.2. The lowest BCUT2D eigenvalue weighted by Crippen LogP contribution is -2.50. The maximum atomic E-state index is 13.0. The Hall–Kier alpha value is -2.59. The fourth-order valence-corrected chi connectivity index (χ4v) is 5.63. The summed E-state index contributed by atoms with van der Waals surface area (Å²) in [7, 11) is -3.98. The highest BCUT2D eigenvalue weighted by Gasteiger charge is 2.34. The number of benzene rings is 2. The van der Waals surface area contributed by atoms with Gasteiger partial charge in [-0.2, -0.15) is 17.5 Å². The average Bonchev–Trinajstić information content (AvgIpc) is 2.78. The number of hydrogen-bond donors (Lipinski definition) is 1. The summed E-state index contributed by atoms with van der Waals surface area (Å²) in [5.74, 6) is -0.432. The minimum atomic E-state index is -4.55. The van der Waals surface area contributed by atoms with Crippen LogP contribution in [0.4, 0.5) is 13.2 Å². The number of carbonyl (C=O) groups is 1. The third kappa shape index (κ3) is 4.33. The summed E-state index contributed by atoms with van der Waals surface area (Å²) >= 11 is 0. The lowest BCUT2D eigenvalue weighted by molar-refractivity contribution is -0.137. The van der Waals surface area contributed by atoms with E-state index in [1.165, 1.54) is 4.90 Å². The van der Waals surface area contributed by atoms with Crippen molar-refractivity contribution in [2.24, 2.45) is 0 Å². The van der Waals surface area contributed by atoms with Crippen molar-refractivity contribution in [1.29, 1.82) is 0 Å². The van der Waals surface area contributed by atoms with Crippen LogP contribution < -0.4 is 0 Å². The number of phenolic OH excluding ortho intramolecular Hbond substituents is 1. The van der Waals surface area contributed by atoms with Gasteiger partial charge < -0.3 is 10.0 Å². The molecule has 2 aromatic carbocycles. The van der Waals surface area contributed by atoms with Gasteiger partial charge in [0.25, 0.3) is 5.91 Å². The lowest BCUT2D eigenvalue weighted by Gasteiger charge is -2.34. The number of piperazine rings is 1. The number of amides is 1. The zero-order chi connectivity index (χ0) is 23.1. The number of aryl methyl sites for hydroxylation is 2. The zero-order valence-electron chi connectivity index (χ0n) is 17.2. The minimum absolute atomic E-state index is 0.0147. The van der Waals surface area contributed by atoms with Gasteiger partial charge >= 0.3 is 6.18 Å². The van der Waals surface area contributed by atoms with Crippen LogP contribution in [-0.4, -0.2) is 54.8 Å². The van der Waals surface area contributed by atoms with Crippen molar-refractivity contribution in [3.05, 3.63) is 58.7 Å². The summed E-state index contributed by atoms with van der Waals surface area (Å²) in [6.45, 7) is 0.270. The van der Waals surface area contributed by atoms with E-state index in [4.69, 9.17) is 0 Å². The lowest BCUT2D eigenvalue weighted by atomic mass is 9.89. The number of aromatic hydroxyl groups is 1. The molecular weight excluding hydrogens is 445 g/mol. The molecule has 1 aliphatic heterocycles. The predicted octanol–water partition coefficient (Wildman–Crippen LogP) is 3.44. The Labute approximate surface area is 184 Å². The van der Waals surface area contributed by atoms with Crippen LogP contribution in [0.15, 0.2) is 41.3 Å². The van der Waals surface area contributed by atoms with Crippen LogP contribution in [0.25, 0.3) is 0 Å². The van der Waals surface area contributed by atoms with Crippen LogP contribution in [0.1, 0.15) is 39.9 Å². The number of sulfonamides is 1. The second kappa shape index (κ2) is 8.40. The highest BCUT2D eigenvalue weighted by Crippen LogP contribution is 2.31. The Morgan fingerprint density at radius 2 is 1.47 bits per heavy atom. The van der Waals surface area contributed by atoms with E-state index >= 15 is 0 Å². The first kappa shape index (κ1) is 22.6. The Balaban J connectivity index is 1.45. The summed E-state index contributed by atoms with van der Waals surface area (Å²) in [6.07, 6.45) is -0.732. The van der Waals surface area contributed by atoms with E-state index in [-0.39, 0.29) is 48.3 Å². The van der Waals surface area contributed by atoms with E-state index in [1.807, 2.05) is 0 Å². The molecule has 172 valence electrons. The predicted molar refractivity (Wildman–Crippen MR) is 111 cm³/mol. The first-order chi connectivity index (χ1) is 15.1. The molecule has 0 radical (unpaired) electrons. The molecule has 0 saturated carbocycles. The van der Waals surface area contributed by atoms with Gasteiger partial charge in [-0.05, 0) is 73.2 Å². The second-order valence-electron chi connectivity index (χ2n) is 8.06. The quantitative estimate of drug-likeness (QED) is 0.749. The molecule has 6 nitrogen and oxygen atoms in total. The van der Waals surface area contributed by atoms with Crippen LogP contribution in [-0.2, 0) is 29.0 Å². The number of hydrogen-bond acceptors (Lipinski definition) is 4. The van der Waals surface area contributed by atoms with Gasteiger partial charge in [0.1, 0.15) is 5.75 Å². The third-order valence-electron chi connectivity index (χ3n) is 6.04. The molecule has 0 spiro atoms. The van der Waals surface area contributed by atoms with Crippen LogP contribution in [0.3, 0.4) is 0 Å². The van der Waals surface area contributed by atoms with Crippen molar-refractivity contribution in [2.75, 3.05) is 26.2 Å². The fourth-order valence-electron chi connectivity index (χ4n) is 4.21. The molecule has 1 aliphatic carbocycles. The van der Waals surface area contributed by atoms with Crippen molar-refractivity contribution in [1.82, 2.24) is 9.21 Å². The molecule has 0 bridgehead atoms. The number of carbonyl (C=O) groups excluding carboxylic acids is 1. The molecule has 10 heteroatoms. The molecule has 0 aromatic heterocycles. The molecule has 4 rings (SSSR count). The highest BCUT2D eigenvalue weighted by molar-refractivity contribution is 7.89. The highest BCUT2D eigenvalue weighted by atomic mass is 32.2. The van der Waals surface area contributed by atoms with Crippen LogP contribution in [0.2, 0.25) is 0 Å². The summed E-state index contributed by atoms with van der Waals surface area (Å²) in [5.41, 5.74) is 1.40. The van der Waals surface area contributed by atoms with E-state index in [0.29, 0.717) is 0 Å². The molecule has 1 saturated heterocycles. The molecule has 1 amide bonds. The number of rotatable bonds is 3. The summed E-state index contributed by atoms with van der Waals surface area (Å²) in [5, 5.41) is 10.3. The summed E-state index contributed by atoms with van der Waals surface area (Å²) < 4.78 is 65.0. The number of nitrogens with zero attached hydrogens (tertiary/aromatic N) is 2. The Bertz CT molecular complexity index is 1120. The number of halogens is 3. The van der Waals surface area contributed by atoms with E-state index in [2.05, 4.69) is 0 Å². The van der Waals surface area contributed by atoms with Crippen molar-refractivity contribution < 1.29 is 31.5 Å². The van der Waals surface area contributed by atoms with Crippen molar-refractivity contribution in [3.8, 4) is 5.75 Å². The van der Waals surface area contributed by atoms with Gasteiger partial charge in [0.2, 0.25) is 10.0 Å². The van der Waals surface area contributed by atoms with Crippen molar-refractivity contribution >= 4 is 15.9 Å². The molecule has 1 fully saturated rings. The largest absolute Gasteiger partial charge is 0.507 e. The monoisotopic (exact) mass is 468 g/mol. The molecular formula is C22H23F3N2O4S. The average molecular weight is 468 g/mol. The van der Waals surface area contributed by atoms with Gasteiger partial charge in [-0.15, -0.1) is 0 Å². The van der Waals surface area contributed by atoms with Crippen molar-refractivity contribution in [2.45, 2.75) is 36.8 Å². The van der Waals surface area contributed by atoms with Crippen LogP contribution in [0, 0.1) is 0 Å². The minimum Gasteiger partial charge on any atom is -0.507 e. The molecule has 1 heterocycles. The van der Waals surface area contributed by atoms with E-state index < -0.39 is 21.8 Å².